The van der Waals surface area contributed by atoms with Gasteiger partial charge in [0.05, 0.1) is 20.9 Å². The average molecular weight is 631 g/mol. The number of fused-ring (bicyclic) bond motifs is 1. The van der Waals surface area contributed by atoms with Crippen molar-refractivity contribution in [2.45, 2.75) is 17.7 Å². The monoisotopic (exact) mass is 629 g/mol. The zero-order valence-corrected chi connectivity index (χ0v) is 24.3. The van der Waals surface area contributed by atoms with Gasteiger partial charge in [0.25, 0.3) is 15.6 Å². The normalized spacial score (nSPS) is 11.4. The van der Waals surface area contributed by atoms with E-state index in [0.29, 0.717) is 39.4 Å². The first-order valence-electron chi connectivity index (χ1n) is 12.0. The third kappa shape index (κ3) is 6.30. The number of thiophene rings is 1. The van der Waals surface area contributed by atoms with Crippen molar-refractivity contribution in [2.75, 3.05) is 10.6 Å². The van der Waals surface area contributed by atoms with Gasteiger partial charge in [-0.1, -0.05) is 35.3 Å². The molecule has 41 heavy (non-hydrogen) atoms. The number of carbonyl (C=O) groups is 1. The number of rotatable bonds is 7. The van der Waals surface area contributed by atoms with Crippen molar-refractivity contribution in [1.29, 1.82) is 0 Å². The molecule has 14 heteroatoms. The van der Waals surface area contributed by atoms with Crippen LogP contribution in [0, 0.1) is 6.92 Å². The van der Waals surface area contributed by atoms with Gasteiger partial charge in [-0.15, -0.1) is 11.3 Å². The zero-order valence-electron chi connectivity index (χ0n) is 21.2. The van der Waals surface area contributed by atoms with E-state index < -0.39 is 27.3 Å². The molecule has 0 aliphatic heterocycles. The van der Waals surface area contributed by atoms with Gasteiger partial charge in [-0.25, -0.2) is 27.3 Å². The third-order valence-electron chi connectivity index (χ3n) is 6.04. The number of hydrogen-bond acceptors (Lipinski definition) is 7. The maximum Gasteiger partial charge on any atom is 0.333 e. The molecule has 5 aromatic rings. The number of urea groups is 1. The first-order valence-corrected chi connectivity index (χ1v) is 15.0. The van der Waals surface area contributed by atoms with Crippen molar-refractivity contribution >= 4 is 72.9 Å². The summed E-state index contributed by atoms with van der Waals surface area (Å²) in [7, 11) is -4.10. The lowest BCUT2D eigenvalue weighted by Crippen LogP contribution is -2.34. The second-order valence-electron chi connectivity index (χ2n) is 8.93. The standard InChI is InChI=1S/C27H21Cl2N5O5S2/c1-15-12-19(31-26(36)33-41(38,39)24-11-10-23(29)40-24)7-9-22(15)34-25(35)20-8-6-18(13-21(20)32-27(34)37)30-14-16-2-4-17(28)5-3-16/h2-13,30H,14H2,1H3,(H,32,37)(H2,31,33,36). The number of aromatic nitrogens is 2. The molecule has 0 radical (unpaired) electrons. The van der Waals surface area contributed by atoms with Crippen molar-refractivity contribution in [3.8, 4) is 5.69 Å². The highest BCUT2D eigenvalue weighted by Gasteiger charge is 2.20. The molecule has 0 aliphatic carbocycles. The minimum absolute atomic E-state index is 0.108. The number of benzene rings is 3. The predicted octanol–water partition coefficient (Wildman–Crippen LogP) is 5.48. The molecule has 10 nitrogen and oxygen atoms in total. The van der Waals surface area contributed by atoms with Crippen molar-refractivity contribution in [3.63, 3.8) is 0 Å². The molecule has 0 aliphatic rings. The SMILES string of the molecule is Cc1cc(NC(=O)NS(=O)(=O)c2ccc(Cl)s2)ccc1-n1c(=O)[nH]c2cc(NCc3ccc(Cl)cc3)ccc2c1=O. The van der Waals surface area contributed by atoms with E-state index in [9.17, 15) is 22.8 Å². The van der Waals surface area contributed by atoms with Gasteiger partial charge in [0.2, 0.25) is 0 Å². The molecule has 4 N–H and O–H groups in total. The fourth-order valence-electron chi connectivity index (χ4n) is 4.11. The molecule has 2 amide bonds. The summed E-state index contributed by atoms with van der Waals surface area (Å²) < 4.78 is 27.8. The molecule has 0 spiro atoms. The largest absolute Gasteiger partial charge is 0.381 e. The van der Waals surface area contributed by atoms with E-state index in [1.807, 2.05) is 16.9 Å². The minimum atomic E-state index is -4.10. The number of nitrogens with one attached hydrogen (secondary N) is 4. The molecular formula is C27H21Cl2N5O5S2. The molecule has 0 saturated carbocycles. The number of hydrogen-bond donors (Lipinski definition) is 4. The molecule has 0 bridgehead atoms. The lowest BCUT2D eigenvalue weighted by atomic mass is 10.1. The summed E-state index contributed by atoms with van der Waals surface area (Å²) in [5.74, 6) is 0. The van der Waals surface area contributed by atoms with Crippen LogP contribution in [0.3, 0.4) is 0 Å². The Bertz CT molecular complexity index is 2020. The van der Waals surface area contributed by atoms with Gasteiger partial charge in [0.15, 0.2) is 0 Å². The van der Waals surface area contributed by atoms with E-state index in [1.165, 1.54) is 30.3 Å². The average Bonchev–Trinajstić information content (AvgIpc) is 3.36. The van der Waals surface area contributed by atoms with Crippen molar-refractivity contribution in [1.82, 2.24) is 14.3 Å². The van der Waals surface area contributed by atoms with Crippen LogP contribution in [0.4, 0.5) is 16.2 Å². The van der Waals surface area contributed by atoms with Crippen LogP contribution in [0.15, 0.2) is 86.6 Å². The molecule has 0 unspecified atom stereocenters. The van der Waals surface area contributed by atoms with Crippen LogP contribution in [-0.4, -0.2) is 24.0 Å². The van der Waals surface area contributed by atoms with E-state index in [1.54, 1.807) is 37.3 Å². The maximum absolute atomic E-state index is 13.3. The number of H-pyrrole nitrogens is 1. The number of halogens is 2. The Morgan fingerprint density at radius 2 is 1.68 bits per heavy atom. The summed E-state index contributed by atoms with van der Waals surface area (Å²) in [6.45, 7) is 2.18. The van der Waals surface area contributed by atoms with Gasteiger partial charge >= 0.3 is 11.7 Å². The van der Waals surface area contributed by atoms with Gasteiger partial charge in [-0.2, -0.15) is 0 Å². The first kappa shape index (κ1) is 28.4. The number of amides is 2. The number of aromatic amines is 1. The Labute approximate surface area is 247 Å². The summed E-state index contributed by atoms with van der Waals surface area (Å²) in [4.78, 5) is 41.4. The van der Waals surface area contributed by atoms with E-state index in [0.717, 1.165) is 21.5 Å². The molecule has 3 aromatic carbocycles. The van der Waals surface area contributed by atoms with Gasteiger partial charge in [0.1, 0.15) is 4.21 Å². The van der Waals surface area contributed by atoms with Crippen LogP contribution in [-0.2, 0) is 16.6 Å². The van der Waals surface area contributed by atoms with E-state index in [2.05, 4.69) is 15.6 Å². The predicted molar refractivity (Wildman–Crippen MR) is 162 cm³/mol. The lowest BCUT2D eigenvalue weighted by Gasteiger charge is -2.13. The first-order chi connectivity index (χ1) is 19.5. The molecule has 2 aromatic heterocycles. The van der Waals surface area contributed by atoms with Crippen LogP contribution >= 0.6 is 34.5 Å². The molecule has 0 saturated heterocycles. The third-order valence-corrected chi connectivity index (χ3v) is 9.35. The summed E-state index contributed by atoms with van der Waals surface area (Å²) >= 11 is 12.5. The summed E-state index contributed by atoms with van der Waals surface area (Å²) in [6, 6.07) is 18.6. The minimum Gasteiger partial charge on any atom is -0.381 e. The fraction of sp³-hybridized carbons (Fsp3) is 0.0741. The Kier molecular flexibility index (Phi) is 7.91. The van der Waals surface area contributed by atoms with E-state index in [4.69, 9.17) is 23.2 Å². The van der Waals surface area contributed by atoms with Gasteiger partial charge < -0.3 is 15.6 Å². The van der Waals surface area contributed by atoms with Crippen LogP contribution in [0.2, 0.25) is 9.36 Å². The van der Waals surface area contributed by atoms with Crippen molar-refractivity contribution in [3.05, 3.63) is 114 Å². The Balaban J connectivity index is 1.35. The highest BCUT2D eigenvalue weighted by molar-refractivity contribution is 7.92. The molecule has 0 fully saturated rings. The van der Waals surface area contributed by atoms with Crippen molar-refractivity contribution in [2.24, 2.45) is 0 Å². The van der Waals surface area contributed by atoms with Crippen LogP contribution in [0.25, 0.3) is 16.6 Å². The number of nitrogens with zero attached hydrogens (tertiary/aromatic N) is 1. The quantitative estimate of drug-likeness (QED) is 0.188. The van der Waals surface area contributed by atoms with Gasteiger partial charge in [-0.3, -0.25) is 4.79 Å². The molecule has 0 atom stereocenters. The summed E-state index contributed by atoms with van der Waals surface area (Å²) in [5, 5.41) is 6.65. The molecule has 5 rings (SSSR count). The van der Waals surface area contributed by atoms with Crippen LogP contribution < -0.4 is 26.6 Å². The van der Waals surface area contributed by atoms with Crippen LogP contribution in [0.1, 0.15) is 11.1 Å². The number of aryl methyl sites for hydroxylation is 1. The Morgan fingerprint density at radius 1 is 0.951 bits per heavy atom. The maximum atomic E-state index is 13.3. The van der Waals surface area contributed by atoms with E-state index >= 15 is 0 Å². The zero-order chi connectivity index (χ0) is 29.3. The lowest BCUT2D eigenvalue weighted by molar-refractivity contribution is 0.256. The molecular weight excluding hydrogens is 609 g/mol. The highest BCUT2D eigenvalue weighted by Crippen LogP contribution is 2.25. The number of anilines is 2. The van der Waals surface area contributed by atoms with Crippen LogP contribution in [0.5, 0.6) is 0 Å². The smallest absolute Gasteiger partial charge is 0.333 e. The number of carbonyl (C=O) groups excluding carboxylic acids is 1. The molecule has 210 valence electrons. The molecule has 2 heterocycles. The second-order valence-corrected chi connectivity index (χ2v) is 13.0. The fourth-order valence-corrected chi connectivity index (χ4v) is 6.62. The Morgan fingerprint density at radius 3 is 2.37 bits per heavy atom. The summed E-state index contributed by atoms with van der Waals surface area (Å²) in [6.07, 6.45) is 0. The van der Waals surface area contributed by atoms with Gasteiger partial charge in [-0.05, 0) is 78.7 Å². The Hall–Kier alpha value is -4.10. The highest BCUT2D eigenvalue weighted by atomic mass is 35.5. The van der Waals surface area contributed by atoms with Gasteiger partial charge in [0, 0.05) is 22.9 Å². The summed E-state index contributed by atoms with van der Waals surface area (Å²) in [5.41, 5.74) is 1.99. The second kappa shape index (κ2) is 11.4. The van der Waals surface area contributed by atoms with Crippen molar-refractivity contribution < 1.29 is 13.2 Å². The van der Waals surface area contributed by atoms with E-state index in [-0.39, 0.29) is 14.2 Å². The number of sulfonamides is 1. The topological polar surface area (TPSA) is 142 Å².